The summed E-state index contributed by atoms with van der Waals surface area (Å²) in [5.74, 6) is 0.730. The zero-order valence-corrected chi connectivity index (χ0v) is 11.6. The van der Waals surface area contributed by atoms with E-state index in [1.54, 1.807) is 0 Å². The third-order valence-electron chi connectivity index (χ3n) is 4.43. The van der Waals surface area contributed by atoms with E-state index in [0.717, 1.165) is 18.9 Å². The van der Waals surface area contributed by atoms with Gasteiger partial charge in [-0.05, 0) is 56.4 Å². The molecule has 0 bridgehead atoms. The van der Waals surface area contributed by atoms with E-state index in [2.05, 4.69) is 30.3 Å². The van der Waals surface area contributed by atoms with Crippen molar-refractivity contribution in [3.8, 4) is 0 Å². The molecule has 1 atom stereocenters. The third-order valence-corrected chi connectivity index (χ3v) is 4.43. The van der Waals surface area contributed by atoms with Gasteiger partial charge >= 0.3 is 0 Å². The molecule has 0 aromatic heterocycles. The summed E-state index contributed by atoms with van der Waals surface area (Å²) in [6.07, 6.45) is 8.89. The zero-order valence-electron chi connectivity index (χ0n) is 11.6. The Morgan fingerprint density at radius 2 is 1.68 bits per heavy atom. The highest BCUT2D eigenvalue weighted by atomic mass is 16.7. The van der Waals surface area contributed by atoms with Gasteiger partial charge in [-0.15, -0.1) is 0 Å². The van der Waals surface area contributed by atoms with E-state index < -0.39 is 0 Å². The smallest absolute Gasteiger partial charge is 0.157 e. The van der Waals surface area contributed by atoms with Crippen molar-refractivity contribution in [1.29, 1.82) is 0 Å². The Bertz CT molecular complexity index is 362. The molecule has 1 aromatic carbocycles. The van der Waals surface area contributed by atoms with E-state index in [1.807, 2.05) is 0 Å². The maximum absolute atomic E-state index is 6.09. The maximum atomic E-state index is 6.09. The molecule has 1 aromatic rings. The van der Waals surface area contributed by atoms with Crippen LogP contribution in [0.5, 0.6) is 0 Å². The molecule has 104 valence electrons. The molecule has 0 amide bonds. The van der Waals surface area contributed by atoms with Crippen molar-refractivity contribution in [2.24, 2.45) is 0 Å². The molecule has 1 aliphatic heterocycles. The van der Waals surface area contributed by atoms with E-state index in [9.17, 15) is 0 Å². The Labute approximate surface area is 116 Å². The lowest BCUT2D eigenvalue weighted by Crippen LogP contribution is -2.30. The van der Waals surface area contributed by atoms with Gasteiger partial charge in [0.15, 0.2) is 6.29 Å². The molecule has 3 rings (SSSR count). The standard InChI is InChI=1S/C17H24O2/c1-2-6-14(7-3-1)15-9-11-16(12-10-15)19-17-8-4-5-13-18-17/h1-3,6-7,15-17H,4-5,8-13H2. The minimum absolute atomic E-state index is 0.0759. The lowest BCUT2D eigenvalue weighted by Gasteiger charge is -2.32. The van der Waals surface area contributed by atoms with Crippen LogP contribution >= 0.6 is 0 Å². The van der Waals surface area contributed by atoms with Crippen molar-refractivity contribution in [2.45, 2.75) is 63.3 Å². The number of ether oxygens (including phenoxy) is 2. The molecule has 1 saturated heterocycles. The third kappa shape index (κ3) is 3.58. The predicted molar refractivity (Wildman–Crippen MR) is 76.1 cm³/mol. The summed E-state index contributed by atoms with van der Waals surface area (Å²) in [6, 6.07) is 10.9. The molecule has 0 spiro atoms. The predicted octanol–water partition coefficient (Wildman–Crippen LogP) is 4.26. The summed E-state index contributed by atoms with van der Waals surface area (Å²) in [5.41, 5.74) is 1.50. The monoisotopic (exact) mass is 260 g/mol. The van der Waals surface area contributed by atoms with Gasteiger partial charge in [-0.3, -0.25) is 0 Å². The molecule has 0 radical (unpaired) electrons. The average molecular weight is 260 g/mol. The average Bonchev–Trinajstić information content (AvgIpc) is 2.50. The topological polar surface area (TPSA) is 18.5 Å². The van der Waals surface area contributed by atoms with E-state index in [-0.39, 0.29) is 6.29 Å². The maximum Gasteiger partial charge on any atom is 0.157 e. The second-order valence-electron chi connectivity index (χ2n) is 5.82. The molecular weight excluding hydrogens is 236 g/mol. The quantitative estimate of drug-likeness (QED) is 0.808. The molecule has 1 heterocycles. The molecule has 19 heavy (non-hydrogen) atoms. The summed E-state index contributed by atoms with van der Waals surface area (Å²) >= 11 is 0. The molecule has 2 aliphatic rings. The summed E-state index contributed by atoms with van der Waals surface area (Å²) < 4.78 is 11.8. The summed E-state index contributed by atoms with van der Waals surface area (Å²) in [5, 5.41) is 0. The Balaban J connectivity index is 1.46. The van der Waals surface area contributed by atoms with Gasteiger partial charge in [-0.2, -0.15) is 0 Å². The van der Waals surface area contributed by atoms with Gasteiger partial charge in [-0.1, -0.05) is 30.3 Å². The molecule has 1 aliphatic carbocycles. The van der Waals surface area contributed by atoms with Crippen LogP contribution in [-0.2, 0) is 9.47 Å². The van der Waals surface area contributed by atoms with E-state index in [0.29, 0.717) is 6.10 Å². The fourth-order valence-corrected chi connectivity index (χ4v) is 3.29. The summed E-state index contributed by atoms with van der Waals surface area (Å²) in [4.78, 5) is 0. The van der Waals surface area contributed by atoms with Crippen LogP contribution in [0.2, 0.25) is 0 Å². The van der Waals surface area contributed by atoms with Crippen LogP contribution in [0.15, 0.2) is 30.3 Å². The molecule has 0 N–H and O–H groups in total. The molecule has 2 nitrogen and oxygen atoms in total. The van der Waals surface area contributed by atoms with Gasteiger partial charge in [0.25, 0.3) is 0 Å². The number of rotatable bonds is 3. The van der Waals surface area contributed by atoms with E-state index >= 15 is 0 Å². The first-order valence-electron chi connectivity index (χ1n) is 7.74. The summed E-state index contributed by atoms with van der Waals surface area (Å²) in [6.45, 7) is 0.879. The van der Waals surface area contributed by atoms with Gasteiger partial charge in [0.05, 0.1) is 6.10 Å². The first-order chi connectivity index (χ1) is 9.42. The highest BCUT2D eigenvalue weighted by Crippen LogP contribution is 2.34. The normalized spacial score (nSPS) is 32.1. The van der Waals surface area contributed by atoms with E-state index in [1.165, 1.54) is 44.1 Å². The van der Waals surface area contributed by atoms with Gasteiger partial charge in [0.2, 0.25) is 0 Å². The Hall–Kier alpha value is -0.860. The minimum atomic E-state index is 0.0759. The molecule has 1 saturated carbocycles. The van der Waals surface area contributed by atoms with Gasteiger partial charge in [-0.25, -0.2) is 0 Å². The highest BCUT2D eigenvalue weighted by molar-refractivity contribution is 5.19. The Morgan fingerprint density at radius 3 is 2.37 bits per heavy atom. The second-order valence-corrected chi connectivity index (χ2v) is 5.82. The zero-order chi connectivity index (χ0) is 12.9. The van der Waals surface area contributed by atoms with Gasteiger partial charge in [0.1, 0.15) is 0 Å². The van der Waals surface area contributed by atoms with Gasteiger partial charge < -0.3 is 9.47 Å². The van der Waals surface area contributed by atoms with Crippen molar-refractivity contribution < 1.29 is 9.47 Å². The fraction of sp³-hybridized carbons (Fsp3) is 0.647. The lowest BCUT2D eigenvalue weighted by atomic mass is 9.83. The van der Waals surface area contributed by atoms with Crippen molar-refractivity contribution in [3.05, 3.63) is 35.9 Å². The van der Waals surface area contributed by atoms with Crippen LogP contribution in [0.25, 0.3) is 0 Å². The van der Waals surface area contributed by atoms with Gasteiger partial charge in [0, 0.05) is 6.61 Å². The lowest BCUT2D eigenvalue weighted by molar-refractivity contribution is -0.193. The first kappa shape index (κ1) is 13.1. The summed E-state index contributed by atoms with van der Waals surface area (Å²) in [7, 11) is 0. The van der Waals surface area contributed by atoms with Crippen LogP contribution in [-0.4, -0.2) is 19.0 Å². The molecule has 1 unspecified atom stereocenters. The Morgan fingerprint density at radius 1 is 0.895 bits per heavy atom. The second kappa shape index (κ2) is 6.53. The van der Waals surface area contributed by atoms with Crippen LogP contribution in [0.4, 0.5) is 0 Å². The Kier molecular flexibility index (Phi) is 4.52. The van der Waals surface area contributed by atoms with Crippen molar-refractivity contribution >= 4 is 0 Å². The number of hydrogen-bond donors (Lipinski definition) is 0. The van der Waals surface area contributed by atoms with Crippen LogP contribution in [0, 0.1) is 0 Å². The van der Waals surface area contributed by atoms with Crippen molar-refractivity contribution in [1.82, 2.24) is 0 Å². The fourth-order valence-electron chi connectivity index (χ4n) is 3.29. The molecule has 2 heteroatoms. The van der Waals surface area contributed by atoms with Crippen molar-refractivity contribution in [3.63, 3.8) is 0 Å². The highest BCUT2D eigenvalue weighted by Gasteiger charge is 2.26. The number of hydrogen-bond acceptors (Lipinski definition) is 2. The van der Waals surface area contributed by atoms with Crippen LogP contribution in [0.1, 0.15) is 56.4 Å². The minimum Gasteiger partial charge on any atom is -0.353 e. The molecule has 2 fully saturated rings. The number of benzene rings is 1. The largest absolute Gasteiger partial charge is 0.353 e. The SMILES string of the molecule is c1ccc(C2CCC(OC3CCCCO3)CC2)cc1. The first-order valence-corrected chi connectivity index (χ1v) is 7.74. The van der Waals surface area contributed by atoms with E-state index in [4.69, 9.17) is 9.47 Å². The van der Waals surface area contributed by atoms with Crippen LogP contribution < -0.4 is 0 Å². The molecular formula is C17H24O2. The van der Waals surface area contributed by atoms with Crippen molar-refractivity contribution in [2.75, 3.05) is 6.61 Å². The van der Waals surface area contributed by atoms with Crippen LogP contribution in [0.3, 0.4) is 0 Å².